The van der Waals surface area contributed by atoms with Crippen LogP contribution in [0, 0.1) is 0 Å². The Bertz CT molecular complexity index is 911. The van der Waals surface area contributed by atoms with Crippen LogP contribution < -0.4 is 4.90 Å². The van der Waals surface area contributed by atoms with Crippen LogP contribution in [0.25, 0.3) is 6.08 Å². The predicted molar refractivity (Wildman–Crippen MR) is 93.6 cm³/mol. The molecule has 24 heavy (non-hydrogen) atoms. The van der Waals surface area contributed by atoms with Gasteiger partial charge in [-0.3, -0.25) is 9.69 Å². The number of benzene rings is 2. The van der Waals surface area contributed by atoms with Crippen LogP contribution in [0.4, 0.5) is 5.69 Å². The molecule has 0 saturated carbocycles. The first-order chi connectivity index (χ1) is 11.8. The van der Waals surface area contributed by atoms with Gasteiger partial charge in [0.25, 0.3) is 5.91 Å². The summed E-state index contributed by atoms with van der Waals surface area (Å²) >= 11 is 0. The van der Waals surface area contributed by atoms with E-state index in [1.807, 2.05) is 60.7 Å². The SMILES string of the molecule is O=C1/C(=C\c2ccco2)N=C(c2ccccc2)N1c1ccccc1. The van der Waals surface area contributed by atoms with Gasteiger partial charge in [-0.25, -0.2) is 4.99 Å². The summed E-state index contributed by atoms with van der Waals surface area (Å²) in [5.74, 6) is 1.05. The number of nitrogens with zero attached hydrogens (tertiary/aromatic N) is 2. The van der Waals surface area contributed by atoms with Gasteiger partial charge in [0.15, 0.2) is 0 Å². The van der Waals surface area contributed by atoms with Crippen molar-refractivity contribution < 1.29 is 9.21 Å². The van der Waals surface area contributed by atoms with Crippen molar-refractivity contribution in [3.8, 4) is 0 Å². The first kappa shape index (κ1) is 14.2. The van der Waals surface area contributed by atoms with Gasteiger partial charge in [0.05, 0.1) is 12.0 Å². The number of anilines is 1. The molecule has 4 nitrogen and oxygen atoms in total. The highest BCUT2D eigenvalue weighted by Gasteiger charge is 2.32. The molecule has 4 rings (SSSR count). The largest absolute Gasteiger partial charge is 0.465 e. The average Bonchev–Trinajstić information content (AvgIpc) is 3.25. The van der Waals surface area contributed by atoms with Gasteiger partial charge >= 0.3 is 0 Å². The molecule has 2 aromatic carbocycles. The molecule has 1 aliphatic rings. The molecule has 0 fully saturated rings. The molecule has 1 amide bonds. The molecule has 0 bridgehead atoms. The van der Waals surface area contributed by atoms with Crippen molar-refractivity contribution in [2.75, 3.05) is 4.90 Å². The third kappa shape index (κ3) is 2.54. The number of aliphatic imine (C=N–C) groups is 1. The van der Waals surface area contributed by atoms with Crippen LogP contribution in [-0.2, 0) is 4.79 Å². The van der Waals surface area contributed by atoms with E-state index in [2.05, 4.69) is 4.99 Å². The second-order valence-electron chi connectivity index (χ2n) is 5.32. The number of carbonyl (C=O) groups is 1. The van der Waals surface area contributed by atoms with Crippen LogP contribution in [0.2, 0.25) is 0 Å². The number of hydrogen-bond donors (Lipinski definition) is 0. The van der Waals surface area contributed by atoms with Crippen molar-refractivity contribution in [3.05, 3.63) is 96.1 Å². The molecule has 1 aliphatic heterocycles. The van der Waals surface area contributed by atoms with Crippen molar-refractivity contribution in [2.24, 2.45) is 4.99 Å². The Morgan fingerprint density at radius 2 is 1.58 bits per heavy atom. The maximum absolute atomic E-state index is 12.9. The lowest BCUT2D eigenvalue weighted by Crippen LogP contribution is -2.32. The number of hydrogen-bond acceptors (Lipinski definition) is 3. The lowest BCUT2D eigenvalue weighted by atomic mass is 10.2. The molecule has 0 N–H and O–H groups in total. The van der Waals surface area contributed by atoms with Crippen molar-refractivity contribution in [1.29, 1.82) is 0 Å². The van der Waals surface area contributed by atoms with Crippen LogP contribution in [0.1, 0.15) is 11.3 Å². The third-order valence-electron chi connectivity index (χ3n) is 3.73. The highest BCUT2D eigenvalue weighted by Crippen LogP contribution is 2.27. The predicted octanol–water partition coefficient (Wildman–Crippen LogP) is 4.11. The van der Waals surface area contributed by atoms with E-state index in [1.165, 1.54) is 0 Å². The first-order valence-electron chi connectivity index (χ1n) is 7.62. The van der Waals surface area contributed by atoms with E-state index < -0.39 is 0 Å². The molecule has 1 aromatic heterocycles. The second kappa shape index (κ2) is 6.01. The highest BCUT2D eigenvalue weighted by molar-refractivity contribution is 6.33. The molecule has 0 radical (unpaired) electrons. The minimum atomic E-state index is -0.170. The van der Waals surface area contributed by atoms with Gasteiger partial charge in [-0.05, 0) is 24.3 Å². The molecular weight excluding hydrogens is 300 g/mol. The van der Waals surface area contributed by atoms with Crippen LogP contribution in [0.3, 0.4) is 0 Å². The summed E-state index contributed by atoms with van der Waals surface area (Å²) in [4.78, 5) is 19.1. The van der Waals surface area contributed by atoms with Crippen LogP contribution in [-0.4, -0.2) is 11.7 Å². The fourth-order valence-corrected chi connectivity index (χ4v) is 2.62. The Morgan fingerprint density at radius 3 is 2.25 bits per heavy atom. The van der Waals surface area contributed by atoms with Crippen LogP contribution in [0.5, 0.6) is 0 Å². The molecule has 0 spiro atoms. The Labute approximate surface area is 139 Å². The molecule has 3 aromatic rings. The van der Waals surface area contributed by atoms with E-state index in [0.29, 0.717) is 17.3 Å². The van der Waals surface area contributed by atoms with E-state index in [4.69, 9.17) is 4.42 Å². The number of carbonyl (C=O) groups excluding carboxylic acids is 1. The molecule has 116 valence electrons. The minimum Gasteiger partial charge on any atom is -0.465 e. The first-order valence-corrected chi connectivity index (χ1v) is 7.62. The molecule has 0 atom stereocenters. The average molecular weight is 314 g/mol. The van der Waals surface area contributed by atoms with E-state index in [0.717, 1.165) is 11.3 Å². The Balaban J connectivity index is 1.83. The lowest BCUT2D eigenvalue weighted by Gasteiger charge is -2.18. The van der Waals surface area contributed by atoms with Crippen molar-refractivity contribution in [1.82, 2.24) is 0 Å². The summed E-state index contributed by atoms with van der Waals surface area (Å²) < 4.78 is 5.31. The van der Waals surface area contributed by atoms with E-state index in [-0.39, 0.29) is 5.91 Å². The quantitative estimate of drug-likeness (QED) is 0.683. The Morgan fingerprint density at radius 1 is 0.875 bits per heavy atom. The fraction of sp³-hybridized carbons (Fsp3) is 0. The summed E-state index contributed by atoms with van der Waals surface area (Å²) in [6, 6.07) is 22.8. The summed E-state index contributed by atoms with van der Waals surface area (Å²) in [6.45, 7) is 0. The van der Waals surface area contributed by atoms with Gasteiger partial charge in [0, 0.05) is 11.6 Å². The number of amidine groups is 1. The summed E-state index contributed by atoms with van der Waals surface area (Å²) in [7, 11) is 0. The molecular formula is C20H14N2O2. The van der Waals surface area contributed by atoms with Gasteiger partial charge in [0.2, 0.25) is 0 Å². The van der Waals surface area contributed by atoms with E-state index >= 15 is 0 Å². The number of para-hydroxylation sites is 1. The van der Waals surface area contributed by atoms with Crippen molar-refractivity contribution in [3.63, 3.8) is 0 Å². The topological polar surface area (TPSA) is 45.8 Å². The fourth-order valence-electron chi connectivity index (χ4n) is 2.62. The smallest absolute Gasteiger partial charge is 0.282 e. The van der Waals surface area contributed by atoms with Crippen molar-refractivity contribution in [2.45, 2.75) is 0 Å². The molecule has 0 unspecified atom stereocenters. The maximum Gasteiger partial charge on any atom is 0.282 e. The van der Waals surface area contributed by atoms with Gasteiger partial charge in [-0.15, -0.1) is 0 Å². The Hall–Kier alpha value is -3.40. The summed E-state index contributed by atoms with van der Waals surface area (Å²) in [6.07, 6.45) is 3.23. The zero-order chi connectivity index (χ0) is 16.4. The zero-order valence-corrected chi connectivity index (χ0v) is 12.8. The third-order valence-corrected chi connectivity index (χ3v) is 3.73. The Kier molecular flexibility index (Phi) is 3.56. The zero-order valence-electron chi connectivity index (χ0n) is 12.8. The van der Waals surface area contributed by atoms with Crippen molar-refractivity contribution >= 4 is 23.5 Å². The van der Waals surface area contributed by atoms with E-state index in [9.17, 15) is 4.79 Å². The van der Waals surface area contributed by atoms with Gasteiger partial charge < -0.3 is 4.42 Å². The lowest BCUT2D eigenvalue weighted by molar-refractivity contribution is -0.113. The molecule has 0 saturated heterocycles. The number of furan rings is 1. The van der Waals surface area contributed by atoms with Gasteiger partial charge in [-0.1, -0.05) is 48.5 Å². The van der Waals surface area contributed by atoms with Crippen LogP contribution in [0.15, 0.2) is 94.2 Å². The van der Waals surface area contributed by atoms with Crippen LogP contribution >= 0.6 is 0 Å². The normalized spacial score (nSPS) is 15.8. The van der Waals surface area contributed by atoms with E-state index in [1.54, 1.807) is 29.4 Å². The highest BCUT2D eigenvalue weighted by atomic mass is 16.3. The van der Waals surface area contributed by atoms with Gasteiger partial charge in [-0.2, -0.15) is 0 Å². The number of amides is 1. The summed E-state index contributed by atoms with van der Waals surface area (Å²) in [5, 5.41) is 0. The molecule has 0 aliphatic carbocycles. The molecule has 4 heteroatoms. The maximum atomic E-state index is 12.9. The standard InChI is InChI=1S/C20H14N2O2/c23-20-18(14-17-12-7-13-24-17)21-19(15-8-3-1-4-9-15)22(20)16-10-5-2-6-11-16/h1-14H/b18-14+. The van der Waals surface area contributed by atoms with Gasteiger partial charge in [0.1, 0.15) is 17.3 Å². The molecule has 2 heterocycles. The minimum absolute atomic E-state index is 0.170. The summed E-state index contributed by atoms with van der Waals surface area (Å²) in [5.41, 5.74) is 2.03. The second-order valence-corrected chi connectivity index (χ2v) is 5.32. The number of rotatable bonds is 3. The monoisotopic (exact) mass is 314 g/mol.